The Hall–Kier alpha value is -3.79. The molecular weight excluding hydrogens is 442 g/mol. The lowest BCUT2D eigenvalue weighted by molar-refractivity contribution is -0.118. The Bertz CT molecular complexity index is 1280. The maximum Gasteiger partial charge on any atom is 0.230 e. The second-order valence-electron chi connectivity index (χ2n) is 6.91. The van der Waals surface area contributed by atoms with Crippen LogP contribution < -0.4 is 19.5 Å². The van der Waals surface area contributed by atoms with E-state index in [2.05, 4.69) is 20.6 Å². The van der Waals surface area contributed by atoms with E-state index in [0.29, 0.717) is 34.5 Å². The number of aromatic nitrogens is 4. The van der Waals surface area contributed by atoms with E-state index >= 15 is 0 Å². The van der Waals surface area contributed by atoms with Crippen LogP contribution in [-0.4, -0.2) is 52.8 Å². The number of hydrogen-bond acceptors (Lipinski definition) is 8. The first-order valence-corrected chi connectivity index (χ1v) is 11.1. The second kappa shape index (κ2) is 10.2. The molecule has 9 nitrogen and oxygen atoms in total. The molecular formula is C23H23N5O4S. The third-order valence-electron chi connectivity index (χ3n) is 4.90. The van der Waals surface area contributed by atoms with Gasteiger partial charge in [-0.3, -0.25) is 4.79 Å². The topological polar surface area (TPSA) is 99.9 Å². The zero-order valence-corrected chi connectivity index (χ0v) is 19.3. The van der Waals surface area contributed by atoms with Crippen LogP contribution in [0.3, 0.4) is 0 Å². The first kappa shape index (κ1) is 22.4. The van der Waals surface area contributed by atoms with Gasteiger partial charge in [0.1, 0.15) is 10.8 Å². The lowest BCUT2D eigenvalue weighted by Crippen LogP contribution is -2.24. The summed E-state index contributed by atoms with van der Waals surface area (Å²) >= 11 is 1.33. The van der Waals surface area contributed by atoms with Gasteiger partial charge >= 0.3 is 0 Å². The summed E-state index contributed by atoms with van der Waals surface area (Å²) in [5, 5.41) is 16.7. The van der Waals surface area contributed by atoms with Crippen LogP contribution in [0.15, 0.2) is 59.6 Å². The molecule has 0 atom stereocenters. The van der Waals surface area contributed by atoms with Gasteiger partial charge in [-0.15, -0.1) is 10.2 Å². The van der Waals surface area contributed by atoms with Crippen molar-refractivity contribution in [2.75, 3.05) is 27.1 Å². The fourth-order valence-electron chi connectivity index (χ4n) is 3.24. The highest BCUT2D eigenvalue weighted by Crippen LogP contribution is 2.31. The summed E-state index contributed by atoms with van der Waals surface area (Å²) in [6.45, 7) is 0.394. The van der Waals surface area contributed by atoms with Crippen molar-refractivity contribution in [3.8, 4) is 28.6 Å². The Morgan fingerprint density at radius 2 is 1.73 bits per heavy atom. The minimum atomic E-state index is -0.100. The molecule has 0 bridgehead atoms. The van der Waals surface area contributed by atoms with Gasteiger partial charge in [0.05, 0.1) is 27.1 Å². The molecule has 2 heterocycles. The molecule has 0 aliphatic heterocycles. The smallest absolute Gasteiger partial charge is 0.230 e. The highest BCUT2D eigenvalue weighted by molar-refractivity contribution is 7.99. The first-order valence-electron chi connectivity index (χ1n) is 10.1. The Balaban J connectivity index is 1.46. The summed E-state index contributed by atoms with van der Waals surface area (Å²) in [5.41, 5.74) is 2.30. The molecule has 4 aromatic rings. The largest absolute Gasteiger partial charge is 0.496 e. The van der Waals surface area contributed by atoms with E-state index in [9.17, 15) is 4.79 Å². The fourth-order valence-corrected chi connectivity index (χ4v) is 3.92. The third-order valence-corrected chi connectivity index (χ3v) is 5.82. The van der Waals surface area contributed by atoms with E-state index in [1.54, 1.807) is 31.9 Å². The van der Waals surface area contributed by atoms with Gasteiger partial charge in [0.25, 0.3) is 0 Å². The van der Waals surface area contributed by atoms with Gasteiger partial charge < -0.3 is 19.5 Å². The highest BCUT2D eigenvalue weighted by atomic mass is 32.2. The van der Waals surface area contributed by atoms with Crippen LogP contribution in [0.1, 0.15) is 5.56 Å². The van der Waals surface area contributed by atoms with E-state index in [1.165, 1.54) is 11.8 Å². The standard InChI is InChI=1S/C23H23N5O4S/c1-30-17-7-5-4-6-16(17)13-24-21(29)14-33-22-11-10-20-25-26-23(28(20)27-22)15-8-9-18(31-2)19(12-15)32-3/h4-12H,13-14H2,1-3H3,(H,24,29). The highest BCUT2D eigenvalue weighted by Gasteiger charge is 2.14. The molecule has 0 saturated heterocycles. The number of rotatable bonds is 9. The van der Waals surface area contributed by atoms with E-state index in [-0.39, 0.29) is 11.7 Å². The zero-order valence-electron chi connectivity index (χ0n) is 18.4. The van der Waals surface area contributed by atoms with Crippen LogP contribution in [0, 0.1) is 0 Å². The average Bonchev–Trinajstić information content (AvgIpc) is 3.29. The molecule has 0 unspecified atom stereocenters. The van der Waals surface area contributed by atoms with Crippen molar-refractivity contribution >= 4 is 23.3 Å². The van der Waals surface area contributed by atoms with Gasteiger partial charge in [0.15, 0.2) is 23.0 Å². The van der Waals surface area contributed by atoms with Crippen LogP contribution in [-0.2, 0) is 11.3 Å². The van der Waals surface area contributed by atoms with Crippen LogP contribution in [0.4, 0.5) is 0 Å². The van der Waals surface area contributed by atoms with Crippen LogP contribution in [0.25, 0.3) is 17.0 Å². The summed E-state index contributed by atoms with van der Waals surface area (Å²) in [7, 11) is 4.77. The average molecular weight is 466 g/mol. The monoisotopic (exact) mass is 465 g/mol. The predicted octanol–water partition coefficient (Wildman–Crippen LogP) is 3.23. The number of carbonyl (C=O) groups excluding carboxylic acids is 1. The summed E-state index contributed by atoms with van der Waals surface area (Å²) < 4.78 is 17.7. The normalized spacial score (nSPS) is 10.8. The van der Waals surface area contributed by atoms with Gasteiger partial charge in [-0.25, -0.2) is 0 Å². The number of thioether (sulfide) groups is 1. The number of fused-ring (bicyclic) bond motifs is 1. The summed E-state index contributed by atoms with van der Waals surface area (Å²) in [6.07, 6.45) is 0. The molecule has 1 N–H and O–H groups in total. The molecule has 1 amide bonds. The summed E-state index contributed by atoms with van der Waals surface area (Å²) in [4.78, 5) is 12.4. The summed E-state index contributed by atoms with van der Waals surface area (Å²) in [6, 6.07) is 16.7. The zero-order chi connectivity index (χ0) is 23.2. The molecule has 0 aliphatic carbocycles. The lowest BCUT2D eigenvalue weighted by Gasteiger charge is -2.09. The van der Waals surface area contributed by atoms with Gasteiger partial charge in [0.2, 0.25) is 5.91 Å². The minimum Gasteiger partial charge on any atom is -0.496 e. The van der Waals surface area contributed by atoms with Gasteiger partial charge in [-0.05, 0) is 36.4 Å². The number of benzene rings is 2. The molecule has 0 aliphatic rings. The van der Waals surface area contributed by atoms with Gasteiger partial charge in [-0.2, -0.15) is 9.61 Å². The Morgan fingerprint density at radius 3 is 2.52 bits per heavy atom. The van der Waals surface area contributed by atoms with E-state index < -0.39 is 0 Å². The van der Waals surface area contributed by atoms with Crippen molar-refractivity contribution in [2.24, 2.45) is 0 Å². The first-order chi connectivity index (χ1) is 16.1. The minimum absolute atomic E-state index is 0.100. The number of nitrogens with zero attached hydrogens (tertiary/aromatic N) is 4. The van der Waals surface area contributed by atoms with E-state index in [0.717, 1.165) is 16.9 Å². The number of methoxy groups -OCH3 is 3. The number of carbonyl (C=O) groups is 1. The maximum absolute atomic E-state index is 12.4. The number of para-hydroxylation sites is 1. The molecule has 0 radical (unpaired) electrons. The number of ether oxygens (including phenoxy) is 3. The maximum atomic E-state index is 12.4. The molecule has 2 aromatic carbocycles. The van der Waals surface area contributed by atoms with E-state index in [1.807, 2.05) is 48.5 Å². The molecule has 0 spiro atoms. The Labute approximate surface area is 195 Å². The predicted molar refractivity (Wildman–Crippen MR) is 125 cm³/mol. The van der Waals surface area contributed by atoms with Crippen molar-refractivity contribution in [3.05, 3.63) is 60.2 Å². The van der Waals surface area contributed by atoms with Gasteiger partial charge in [-0.1, -0.05) is 30.0 Å². The third kappa shape index (κ3) is 5.01. The van der Waals surface area contributed by atoms with Crippen molar-refractivity contribution in [1.29, 1.82) is 0 Å². The number of hydrogen-bond donors (Lipinski definition) is 1. The van der Waals surface area contributed by atoms with Crippen molar-refractivity contribution in [2.45, 2.75) is 11.6 Å². The second-order valence-corrected chi connectivity index (χ2v) is 7.91. The SMILES string of the molecule is COc1ccccc1CNC(=O)CSc1ccc2nnc(-c3ccc(OC)c(OC)c3)n2n1. The van der Waals surface area contributed by atoms with Crippen molar-refractivity contribution in [3.63, 3.8) is 0 Å². The van der Waals surface area contributed by atoms with Crippen LogP contribution >= 0.6 is 11.8 Å². The number of nitrogens with one attached hydrogen (secondary N) is 1. The summed E-state index contributed by atoms with van der Waals surface area (Å²) in [5.74, 6) is 2.64. The van der Waals surface area contributed by atoms with Gasteiger partial charge in [0, 0.05) is 17.7 Å². The molecule has 0 saturated carbocycles. The lowest BCUT2D eigenvalue weighted by atomic mass is 10.2. The Morgan fingerprint density at radius 1 is 0.939 bits per heavy atom. The van der Waals surface area contributed by atoms with Crippen molar-refractivity contribution in [1.82, 2.24) is 25.1 Å². The van der Waals surface area contributed by atoms with Crippen molar-refractivity contribution < 1.29 is 19.0 Å². The van der Waals surface area contributed by atoms with E-state index in [4.69, 9.17) is 14.2 Å². The quantitative estimate of drug-likeness (QED) is 0.376. The molecule has 10 heteroatoms. The molecule has 0 fully saturated rings. The molecule has 170 valence electrons. The molecule has 4 rings (SSSR count). The fraction of sp³-hybridized carbons (Fsp3) is 0.217. The van der Waals surface area contributed by atoms with Crippen LogP contribution in [0.5, 0.6) is 17.2 Å². The number of amides is 1. The molecule has 33 heavy (non-hydrogen) atoms. The Kier molecular flexibility index (Phi) is 6.94. The van der Waals surface area contributed by atoms with Crippen LogP contribution in [0.2, 0.25) is 0 Å². The molecule has 2 aromatic heterocycles.